The van der Waals surface area contributed by atoms with E-state index < -0.39 is 23.9 Å². The van der Waals surface area contributed by atoms with Gasteiger partial charge in [-0.05, 0) is 28.8 Å². The maximum Gasteiger partial charge on any atom is 0.339 e. The molecule has 6 nitrogen and oxygen atoms in total. The van der Waals surface area contributed by atoms with Gasteiger partial charge in [-0.3, -0.25) is 4.79 Å². The highest BCUT2D eigenvalue weighted by Crippen LogP contribution is 2.41. The summed E-state index contributed by atoms with van der Waals surface area (Å²) in [5.41, 5.74) is 2.68. The van der Waals surface area contributed by atoms with Crippen LogP contribution in [0.2, 0.25) is 0 Å². The van der Waals surface area contributed by atoms with Crippen LogP contribution in [-0.4, -0.2) is 38.1 Å². The fourth-order valence-electron chi connectivity index (χ4n) is 4.30. The Hall–Kier alpha value is -4.45. The van der Waals surface area contributed by atoms with Gasteiger partial charge in [-0.15, -0.1) is 0 Å². The second-order valence-corrected chi connectivity index (χ2v) is 7.97. The van der Waals surface area contributed by atoms with E-state index in [9.17, 15) is 14.4 Å². The first kappa shape index (κ1) is 23.7. The van der Waals surface area contributed by atoms with Gasteiger partial charge in [-0.2, -0.15) is 0 Å². The van der Waals surface area contributed by atoms with Crippen molar-refractivity contribution in [1.82, 2.24) is 5.32 Å². The van der Waals surface area contributed by atoms with Crippen molar-refractivity contribution in [2.45, 2.75) is 12.0 Å². The Morgan fingerprint density at radius 3 is 1.83 bits per heavy atom. The molecule has 0 aromatic heterocycles. The van der Waals surface area contributed by atoms with Crippen LogP contribution in [0.15, 0.2) is 108 Å². The number of ether oxygens (including phenoxy) is 2. The molecule has 0 fully saturated rings. The molecule has 1 aliphatic rings. The van der Waals surface area contributed by atoms with Gasteiger partial charge in [-0.1, -0.05) is 84.9 Å². The van der Waals surface area contributed by atoms with Gasteiger partial charge in [0.25, 0.3) is 5.91 Å². The molecule has 6 heteroatoms. The summed E-state index contributed by atoms with van der Waals surface area (Å²) in [7, 11) is 2.51. The monoisotopic (exact) mass is 467 g/mol. The summed E-state index contributed by atoms with van der Waals surface area (Å²) in [5.74, 6) is -2.24. The lowest BCUT2D eigenvalue weighted by Crippen LogP contribution is -2.45. The fourth-order valence-corrected chi connectivity index (χ4v) is 4.30. The van der Waals surface area contributed by atoms with E-state index >= 15 is 0 Å². The summed E-state index contributed by atoms with van der Waals surface area (Å²) in [6.07, 6.45) is 1.90. The van der Waals surface area contributed by atoms with Crippen molar-refractivity contribution in [2.24, 2.45) is 0 Å². The Balaban J connectivity index is 1.95. The summed E-state index contributed by atoms with van der Waals surface area (Å²) >= 11 is 0. The lowest BCUT2D eigenvalue weighted by atomic mass is 9.75. The molecule has 0 heterocycles. The lowest BCUT2D eigenvalue weighted by Gasteiger charge is -2.34. The second kappa shape index (κ2) is 10.7. The highest BCUT2D eigenvalue weighted by Gasteiger charge is 2.41. The summed E-state index contributed by atoms with van der Waals surface area (Å²) < 4.78 is 10.2. The molecule has 0 radical (unpaired) electrons. The lowest BCUT2D eigenvalue weighted by molar-refractivity contribution is -0.139. The topological polar surface area (TPSA) is 81.7 Å². The van der Waals surface area contributed by atoms with E-state index in [1.54, 1.807) is 24.3 Å². The minimum absolute atomic E-state index is 0.0406. The number of methoxy groups -OCH3 is 2. The van der Waals surface area contributed by atoms with Crippen LogP contribution in [0.1, 0.15) is 27.4 Å². The van der Waals surface area contributed by atoms with Crippen molar-refractivity contribution in [3.63, 3.8) is 0 Å². The molecule has 0 bridgehead atoms. The highest BCUT2D eigenvalue weighted by molar-refractivity contribution is 6.14. The van der Waals surface area contributed by atoms with E-state index in [2.05, 4.69) is 5.32 Å². The zero-order valence-corrected chi connectivity index (χ0v) is 19.4. The fraction of sp³-hybridized carbons (Fsp3) is 0.138. The Morgan fingerprint density at radius 1 is 0.714 bits per heavy atom. The first-order chi connectivity index (χ1) is 17.0. The van der Waals surface area contributed by atoms with Gasteiger partial charge in [0.1, 0.15) is 0 Å². The highest BCUT2D eigenvalue weighted by atomic mass is 16.5. The van der Waals surface area contributed by atoms with Crippen molar-refractivity contribution in [2.75, 3.05) is 14.2 Å². The number of esters is 2. The molecular formula is C29H25NO5. The van der Waals surface area contributed by atoms with E-state index in [0.29, 0.717) is 11.1 Å². The maximum atomic E-state index is 13.2. The molecule has 1 amide bonds. The van der Waals surface area contributed by atoms with Gasteiger partial charge in [0, 0.05) is 11.5 Å². The van der Waals surface area contributed by atoms with E-state index in [-0.39, 0.29) is 17.1 Å². The molecule has 0 saturated carbocycles. The third kappa shape index (κ3) is 4.92. The Kier molecular flexibility index (Phi) is 7.21. The van der Waals surface area contributed by atoms with Gasteiger partial charge >= 0.3 is 11.9 Å². The molecule has 3 aromatic rings. The van der Waals surface area contributed by atoms with Crippen LogP contribution < -0.4 is 5.32 Å². The molecule has 35 heavy (non-hydrogen) atoms. The molecule has 3 aromatic carbocycles. The second-order valence-electron chi connectivity index (χ2n) is 7.97. The Bertz CT molecular complexity index is 1280. The normalized spacial score (nSPS) is 17.3. The van der Waals surface area contributed by atoms with Gasteiger partial charge in [0.05, 0.1) is 31.4 Å². The van der Waals surface area contributed by atoms with Gasteiger partial charge in [0.15, 0.2) is 0 Å². The van der Waals surface area contributed by atoms with Crippen LogP contribution >= 0.6 is 0 Å². The average molecular weight is 468 g/mol. The molecule has 176 valence electrons. The zero-order valence-electron chi connectivity index (χ0n) is 19.4. The van der Waals surface area contributed by atoms with Gasteiger partial charge in [0.2, 0.25) is 0 Å². The van der Waals surface area contributed by atoms with E-state index in [0.717, 1.165) is 11.1 Å². The number of hydrogen-bond donors (Lipinski definition) is 1. The van der Waals surface area contributed by atoms with E-state index in [4.69, 9.17) is 9.47 Å². The van der Waals surface area contributed by atoms with Crippen LogP contribution in [0.3, 0.4) is 0 Å². The number of carbonyl (C=O) groups excluding carboxylic acids is 3. The quantitative estimate of drug-likeness (QED) is 0.547. The number of rotatable bonds is 6. The van der Waals surface area contributed by atoms with Crippen molar-refractivity contribution in [3.8, 4) is 0 Å². The van der Waals surface area contributed by atoms with Crippen LogP contribution in [0, 0.1) is 0 Å². The SMILES string of the molecule is COC(=O)C1=C(C(=O)OC)[C@H](NC(=O)c2ccccc2)[C@@H](c2ccccc2)C=C1c1ccccc1. The van der Waals surface area contributed by atoms with Crippen LogP contribution in [0.5, 0.6) is 0 Å². The molecule has 1 aliphatic carbocycles. The first-order valence-corrected chi connectivity index (χ1v) is 11.1. The predicted molar refractivity (Wildman–Crippen MR) is 132 cm³/mol. The largest absolute Gasteiger partial charge is 0.466 e. The molecule has 0 spiro atoms. The Morgan fingerprint density at radius 2 is 1.26 bits per heavy atom. The van der Waals surface area contributed by atoms with Crippen LogP contribution in [-0.2, 0) is 19.1 Å². The number of benzene rings is 3. The molecule has 4 rings (SSSR count). The maximum absolute atomic E-state index is 13.2. The van der Waals surface area contributed by atoms with Crippen molar-refractivity contribution in [1.29, 1.82) is 0 Å². The summed E-state index contributed by atoms with van der Waals surface area (Å²) in [4.78, 5) is 39.5. The van der Waals surface area contributed by atoms with Gasteiger partial charge in [-0.25, -0.2) is 9.59 Å². The minimum Gasteiger partial charge on any atom is -0.466 e. The molecule has 0 unspecified atom stereocenters. The average Bonchev–Trinajstić information content (AvgIpc) is 2.93. The minimum atomic E-state index is -0.876. The number of carbonyl (C=O) groups is 3. The van der Waals surface area contributed by atoms with E-state index in [1.165, 1.54) is 14.2 Å². The molecule has 1 N–H and O–H groups in total. The first-order valence-electron chi connectivity index (χ1n) is 11.1. The standard InChI is InChI=1S/C29H25NO5/c1-34-28(32)24-22(19-12-6-3-7-13-19)18-23(20-14-8-4-9-15-20)26(25(24)29(33)35-2)30-27(31)21-16-10-5-11-17-21/h3-18,23,26H,1-2H3,(H,30,31)/t23-,26-/m1/s1. The number of hydrogen-bond acceptors (Lipinski definition) is 5. The van der Waals surface area contributed by atoms with E-state index in [1.807, 2.05) is 72.8 Å². The summed E-state index contributed by atoms with van der Waals surface area (Å²) in [6, 6.07) is 26.6. The van der Waals surface area contributed by atoms with Crippen molar-refractivity contribution < 1.29 is 23.9 Å². The third-order valence-electron chi connectivity index (χ3n) is 5.94. The molecule has 2 atom stereocenters. The zero-order chi connectivity index (χ0) is 24.8. The predicted octanol–water partition coefficient (Wildman–Crippen LogP) is 4.31. The molecular weight excluding hydrogens is 442 g/mol. The van der Waals surface area contributed by atoms with Crippen molar-refractivity contribution >= 4 is 23.4 Å². The summed E-state index contributed by atoms with van der Waals surface area (Å²) in [5, 5.41) is 2.98. The number of amides is 1. The van der Waals surface area contributed by atoms with Crippen LogP contribution in [0.25, 0.3) is 5.57 Å². The number of nitrogens with one attached hydrogen (secondary N) is 1. The molecule has 0 aliphatic heterocycles. The smallest absolute Gasteiger partial charge is 0.339 e. The summed E-state index contributed by atoms with van der Waals surface area (Å²) in [6.45, 7) is 0. The van der Waals surface area contributed by atoms with Gasteiger partial charge < -0.3 is 14.8 Å². The van der Waals surface area contributed by atoms with Crippen molar-refractivity contribution in [3.05, 3.63) is 125 Å². The molecule has 0 saturated heterocycles. The Labute approximate surface area is 203 Å². The third-order valence-corrected chi connectivity index (χ3v) is 5.94. The van der Waals surface area contributed by atoms with Crippen LogP contribution in [0.4, 0.5) is 0 Å².